The molecule has 0 N–H and O–H groups in total. The molecule has 3 nitrogen and oxygen atoms in total. The number of hydrogen-bond donors (Lipinski definition) is 0. The lowest BCUT2D eigenvalue weighted by Crippen LogP contribution is -2.30. The van der Waals surface area contributed by atoms with E-state index in [9.17, 15) is 4.79 Å². The summed E-state index contributed by atoms with van der Waals surface area (Å²) in [5.41, 5.74) is 1.00. The fraction of sp³-hybridized carbons (Fsp3) is 0.364. The number of halogens is 1. The van der Waals surface area contributed by atoms with Crippen molar-refractivity contribution in [3.63, 3.8) is 0 Å². The third-order valence-electron chi connectivity index (χ3n) is 2.22. The van der Waals surface area contributed by atoms with Crippen LogP contribution in [0.15, 0.2) is 32.6 Å². The van der Waals surface area contributed by atoms with Gasteiger partial charge in [0.1, 0.15) is 0 Å². The topological polar surface area (TPSA) is 38.7 Å². The molecule has 84 valence electrons. The van der Waals surface area contributed by atoms with Crippen LogP contribution in [-0.4, -0.2) is 24.5 Å². The molecule has 1 aromatic rings. The zero-order valence-corrected chi connectivity index (χ0v) is 10.9. The van der Waals surface area contributed by atoms with Crippen LogP contribution in [0.3, 0.4) is 0 Å². The summed E-state index contributed by atoms with van der Waals surface area (Å²) in [6, 6.07) is 6.01. The molecule has 1 aromatic carbocycles. The second-order valence-electron chi connectivity index (χ2n) is 3.45. The number of rotatable bonds is 4. The molecule has 1 aliphatic heterocycles. The molecule has 0 aromatic heterocycles. The highest BCUT2D eigenvalue weighted by Gasteiger charge is 2.20. The van der Waals surface area contributed by atoms with Crippen molar-refractivity contribution >= 4 is 33.8 Å². The van der Waals surface area contributed by atoms with E-state index in [0.717, 1.165) is 23.2 Å². The van der Waals surface area contributed by atoms with Crippen LogP contribution in [0.1, 0.15) is 5.56 Å². The van der Waals surface area contributed by atoms with E-state index in [1.54, 1.807) is 0 Å². The predicted molar refractivity (Wildman–Crippen MR) is 66.4 cm³/mol. The predicted octanol–water partition coefficient (Wildman–Crippen LogP) is 2.78. The van der Waals surface area contributed by atoms with E-state index in [4.69, 9.17) is 4.74 Å². The number of benzene rings is 1. The number of isocyanates is 1. The van der Waals surface area contributed by atoms with Crippen molar-refractivity contribution in [1.82, 2.24) is 0 Å². The molecule has 0 radical (unpaired) electrons. The Balaban J connectivity index is 2.05. The summed E-state index contributed by atoms with van der Waals surface area (Å²) in [7, 11) is 0. The Morgan fingerprint density at radius 1 is 1.56 bits per heavy atom. The summed E-state index contributed by atoms with van der Waals surface area (Å²) >= 11 is 5.33. The van der Waals surface area contributed by atoms with E-state index in [-0.39, 0.29) is 0 Å². The maximum Gasteiger partial charge on any atom is 0.235 e. The first-order valence-electron chi connectivity index (χ1n) is 4.86. The summed E-state index contributed by atoms with van der Waals surface area (Å²) in [5.74, 6) is 0. The van der Waals surface area contributed by atoms with Gasteiger partial charge in [0.05, 0.1) is 25.0 Å². The lowest BCUT2D eigenvalue weighted by atomic mass is 10.2. The maximum absolute atomic E-state index is 10.0. The number of thioether (sulfide) groups is 1. The van der Waals surface area contributed by atoms with Crippen LogP contribution in [-0.2, 0) is 16.1 Å². The first-order valence-corrected chi connectivity index (χ1v) is 6.53. The van der Waals surface area contributed by atoms with Crippen molar-refractivity contribution in [2.24, 2.45) is 4.99 Å². The Morgan fingerprint density at radius 3 is 2.94 bits per heavy atom. The summed E-state index contributed by atoms with van der Waals surface area (Å²) in [6.45, 7) is 2.04. The molecular formula is C11H10BrNO2S. The number of nitrogens with zero attached hydrogens (tertiary/aromatic N) is 1. The SMILES string of the molecule is O=C=NCc1ccc(SC2COC2)c(Br)c1. The van der Waals surface area contributed by atoms with Gasteiger partial charge >= 0.3 is 0 Å². The Morgan fingerprint density at radius 2 is 2.38 bits per heavy atom. The van der Waals surface area contributed by atoms with Crippen molar-refractivity contribution in [3.05, 3.63) is 28.2 Å². The molecule has 0 bridgehead atoms. The van der Waals surface area contributed by atoms with Gasteiger partial charge in [-0.1, -0.05) is 6.07 Å². The average Bonchev–Trinajstić information content (AvgIpc) is 2.22. The highest BCUT2D eigenvalue weighted by atomic mass is 79.9. The molecule has 1 aliphatic rings. The van der Waals surface area contributed by atoms with Crippen LogP contribution in [0.2, 0.25) is 0 Å². The number of hydrogen-bond acceptors (Lipinski definition) is 4. The summed E-state index contributed by atoms with van der Waals surface area (Å²) in [4.78, 5) is 14.7. The van der Waals surface area contributed by atoms with Crippen molar-refractivity contribution in [3.8, 4) is 0 Å². The normalized spacial score (nSPS) is 15.3. The lowest BCUT2D eigenvalue weighted by Gasteiger charge is -2.25. The van der Waals surface area contributed by atoms with E-state index >= 15 is 0 Å². The van der Waals surface area contributed by atoms with Crippen LogP contribution in [0.5, 0.6) is 0 Å². The lowest BCUT2D eigenvalue weighted by molar-refractivity contribution is 0.0455. The van der Waals surface area contributed by atoms with Gasteiger partial charge in [-0.15, -0.1) is 11.8 Å². The van der Waals surface area contributed by atoms with Gasteiger partial charge in [-0.05, 0) is 33.6 Å². The minimum absolute atomic E-state index is 0.388. The van der Waals surface area contributed by atoms with Gasteiger partial charge in [0.2, 0.25) is 6.08 Å². The highest BCUT2D eigenvalue weighted by Crippen LogP contribution is 2.34. The van der Waals surface area contributed by atoms with Crippen molar-refractivity contribution < 1.29 is 9.53 Å². The third-order valence-corrected chi connectivity index (χ3v) is 4.36. The molecular weight excluding hydrogens is 290 g/mol. The molecule has 16 heavy (non-hydrogen) atoms. The Labute approximate surface area is 106 Å². The molecule has 1 saturated heterocycles. The number of aliphatic imine (C=N–C) groups is 1. The first-order chi connectivity index (χ1) is 7.79. The van der Waals surface area contributed by atoms with E-state index in [0.29, 0.717) is 11.8 Å². The fourth-order valence-corrected chi connectivity index (χ4v) is 3.04. The molecule has 5 heteroatoms. The van der Waals surface area contributed by atoms with Crippen LogP contribution >= 0.6 is 27.7 Å². The van der Waals surface area contributed by atoms with Crippen molar-refractivity contribution in [2.45, 2.75) is 16.7 Å². The smallest absolute Gasteiger partial charge is 0.235 e. The molecule has 0 atom stereocenters. The van der Waals surface area contributed by atoms with Crippen molar-refractivity contribution in [2.75, 3.05) is 13.2 Å². The second-order valence-corrected chi connectivity index (χ2v) is 5.65. The van der Waals surface area contributed by atoms with Gasteiger partial charge in [0.15, 0.2) is 0 Å². The second kappa shape index (κ2) is 5.64. The molecule has 0 aliphatic carbocycles. The fourth-order valence-electron chi connectivity index (χ4n) is 1.32. The summed E-state index contributed by atoms with van der Waals surface area (Å²) < 4.78 is 6.17. The molecule has 1 fully saturated rings. The van der Waals surface area contributed by atoms with E-state index in [1.165, 1.54) is 11.0 Å². The van der Waals surface area contributed by atoms with Gasteiger partial charge in [-0.25, -0.2) is 9.79 Å². The molecule has 1 heterocycles. The van der Waals surface area contributed by atoms with E-state index in [2.05, 4.69) is 20.9 Å². The highest BCUT2D eigenvalue weighted by molar-refractivity contribution is 9.10. The number of ether oxygens (including phenoxy) is 1. The molecule has 0 saturated carbocycles. The Hall–Kier alpha value is -0.610. The first kappa shape index (κ1) is 11.9. The maximum atomic E-state index is 10.0. The average molecular weight is 300 g/mol. The van der Waals surface area contributed by atoms with Gasteiger partial charge in [0.25, 0.3) is 0 Å². The van der Waals surface area contributed by atoms with Crippen molar-refractivity contribution in [1.29, 1.82) is 0 Å². The standard InChI is InChI=1S/C11H10BrNO2S/c12-10-3-8(4-13-7-14)1-2-11(10)16-9-5-15-6-9/h1-3,9H,4-6H2. The van der Waals surface area contributed by atoms with Gasteiger partial charge in [-0.2, -0.15) is 0 Å². The van der Waals surface area contributed by atoms with Gasteiger partial charge < -0.3 is 4.74 Å². The van der Waals surface area contributed by atoms with Crippen LogP contribution in [0.4, 0.5) is 0 Å². The monoisotopic (exact) mass is 299 g/mol. The minimum atomic E-state index is 0.388. The Bertz CT molecular complexity index is 428. The van der Waals surface area contributed by atoms with Crippen LogP contribution < -0.4 is 0 Å². The van der Waals surface area contributed by atoms with Gasteiger partial charge in [-0.3, -0.25) is 0 Å². The molecule has 2 rings (SSSR count). The quantitative estimate of drug-likeness (QED) is 0.634. The largest absolute Gasteiger partial charge is 0.379 e. The summed E-state index contributed by atoms with van der Waals surface area (Å²) in [6.07, 6.45) is 1.54. The molecule has 0 amide bonds. The van der Waals surface area contributed by atoms with E-state index in [1.807, 2.05) is 30.0 Å². The molecule has 0 unspecified atom stereocenters. The van der Waals surface area contributed by atoms with Crippen LogP contribution in [0, 0.1) is 0 Å². The Kier molecular flexibility index (Phi) is 4.18. The minimum Gasteiger partial charge on any atom is -0.379 e. The number of carbonyl (C=O) groups excluding carboxylic acids is 1. The summed E-state index contributed by atoms with van der Waals surface area (Å²) in [5, 5.41) is 0.565. The third kappa shape index (κ3) is 2.95. The van der Waals surface area contributed by atoms with Gasteiger partial charge in [0, 0.05) is 9.37 Å². The zero-order valence-electron chi connectivity index (χ0n) is 8.48. The molecule has 0 spiro atoms. The van der Waals surface area contributed by atoms with E-state index < -0.39 is 0 Å². The van der Waals surface area contributed by atoms with Crippen LogP contribution in [0.25, 0.3) is 0 Å². The zero-order chi connectivity index (χ0) is 11.4.